The van der Waals surface area contributed by atoms with Crippen LogP contribution in [0.3, 0.4) is 0 Å². The average Bonchev–Trinajstić information content (AvgIpc) is 2.40. The zero-order valence-corrected chi connectivity index (χ0v) is 12.3. The molecular formula is C14H13BrFNS. The van der Waals surface area contributed by atoms with E-state index in [1.165, 1.54) is 17.0 Å². The van der Waals surface area contributed by atoms with E-state index in [9.17, 15) is 4.39 Å². The van der Waals surface area contributed by atoms with Crippen molar-refractivity contribution in [3.05, 3.63) is 58.3 Å². The van der Waals surface area contributed by atoms with Crippen LogP contribution in [0, 0.1) is 5.82 Å². The van der Waals surface area contributed by atoms with Gasteiger partial charge in [-0.25, -0.2) is 4.39 Å². The largest absolute Gasteiger partial charge is 0.381 e. The molecule has 1 nitrogen and oxygen atoms in total. The third kappa shape index (κ3) is 3.50. The van der Waals surface area contributed by atoms with Crippen molar-refractivity contribution in [2.75, 3.05) is 11.6 Å². The lowest BCUT2D eigenvalue weighted by Gasteiger charge is -2.09. The van der Waals surface area contributed by atoms with E-state index in [1.807, 2.05) is 18.4 Å². The number of halogens is 2. The number of anilines is 1. The van der Waals surface area contributed by atoms with Gasteiger partial charge < -0.3 is 5.32 Å². The molecule has 0 aliphatic heterocycles. The van der Waals surface area contributed by atoms with Gasteiger partial charge in [0.25, 0.3) is 0 Å². The number of thioether (sulfide) groups is 1. The van der Waals surface area contributed by atoms with Crippen LogP contribution in [-0.4, -0.2) is 6.26 Å². The van der Waals surface area contributed by atoms with E-state index in [0.29, 0.717) is 6.54 Å². The minimum absolute atomic E-state index is 0.215. The van der Waals surface area contributed by atoms with Gasteiger partial charge in [0.2, 0.25) is 0 Å². The Labute approximate surface area is 119 Å². The molecule has 2 aromatic rings. The van der Waals surface area contributed by atoms with Gasteiger partial charge in [-0.3, -0.25) is 0 Å². The number of hydrogen-bond acceptors (Lipinski definition) is 2. The molecule has 0 saturated carbocycles. The van der Waals surface area contributed by atoms with Crippen molar-refractivity contribution in [1.29, 1.82) is 0 Å². The first-order valence-corrected chi connectivity index (χ1v) is 7.52. The summed E-state index contributed by atoms with van der Waals surface area (Å²) < 4.78 is 14.0. The first-order valence-electron chi connectivity index (χ1n) is 5.51. The topological polar surface area (TPSA) is 12.0 Å². The highest BCUT2D eigenvalue weighted by atomic mass is 79.9. The summed E-state index contributed by atoms with van der Waals surface area (Å²) in [7, 11) is 0. The van der Waals surface area contributed by atoms with Gasteiger partial charge in [-0.05, 0) is 54.3 Å². The van der Waals surface area contributed by atoms with Crippen molar-refractivity contribution < 1.29 is 4.39 Å². The summed E-state index contributed by atoms with van der Waals surface area (Å²) in [6.45, 7) is 0.594. The molecule has 0 amide bonds. The summed E-state index contributed by atoms with van der Waals surface area (Å²) in [5.41, 5.74) is 1.94. The van der Waals surface area contributed by atoms with Crippen LogP contribution < -0.4 is 5.32 Å². The molecule has 0 aliphatic carbocycles. The molecule has 1 N–H and O–H groups in total. The fraction of sp³-hybridized carbons (Fsp3) is 0.143. The second-order valence-corrected chi connectivity index (χ2v) is 5.55. The van der Waals surface area contributed by atoms with E-state index in [0.717, 1.165) is 15.7 Å². The highest BCUT2D eigenvalue weighted by molar-refractivity contribution is 9.10. The van der Waals surface area contributed by atoms with E-state index >= 15 is 0 Å². The molecule has 18 heavy (non-hydrogen) atoms. The van der Waals surface area contributed by atoms with Crippen LogP contribution in [0.5, 0.6) is 0 Å². The van der Waals surface area contributed by atoms with Gasteiger partial charge in [-0.2, -0.15) is 0 Å². The van der Waals surface area contributed by atoms with Crippen LogP contribution >= 0.6 is 27.7 Å². The van der Waals surface area contributed by atoms with Crippen LogP contribution in [0.25, 0.3) is 0 Å². The third-order valence-corrected chi connectivity index (χ3v) is 4.10. The number of rotatable bonds is 4. The fourth-order valence-corrected chi connectivity index (χ4v) is 2.38. The zero-order valence-electron chi connectivity index (χ0n) is 9.91. The van der Waals surface area contributed by atoms with Crippen molar-refractivity contribution >= 4 is 33.4 Å². The van der Waals surface area contributed by atoms with Crippen LogP contribution in [-0.2, 0) is 6.54 Å². The van der Waals surface area contributed by atoms with Gasteiger partial charge in [-0.1, -0.05) is 15.9 Å². The van der Waals surface area contributed by atoms with E-state index in [1.54, 1.807) is 17.8 Å². The first kappa shape index (κ1) is 13.4. The van der Waals surface area contributed by atoms with E-state index in [-0.39, 0.29) is 5.82 Å². The van der Waals surface area contributed by atoms with Crippen molar-refractivity contribution in [1.82, 2.24) is 0 Å². The minimum atomic E-state index is -0.215. The maximum atomic E-state index is 13.1. The predicted molar refractivity (Wildman–Crippen MR) is 79.6 cm³/mol. The summed E-state index contributed by atoms with van der Waals surface area (Å²) >= 11 is 5.13. The molecule has 0 aromatic heterocycles. The Morgan fingerprint density at radius 1 is 1.17 bits per heavy atom. The fourth-order valence-electron chi connectivity index (χ4n) is 1.58. The molecule has 4 heteroatoms. The quantitative estimate of drug-likeness (QED) is 0.800. The zero-order chi connectivity index (χ0) is 13.0. The summed E-state index contributed by atoms with van der Waals surface area (Å²) in [6.07, 6.45) is 2.05. The van der Waals surface area contributed by atoms with Crippen LogP contribution in [0.1, 0.15) is 5.56 Å². The van der Waals surface area contributed by atoms with Crippen molar-refractivity contribution in [3.8, 4) is 0 Å². The number of hydrogen-bond donors (Lipinski definition) is 1. The van der Waals surface area contributed by atoms with Crippen LogP contribution in [0.2, 0.25) is 0 Å². The maximum absolute atomic E-state index is 13.1. The first-order chi connectivity index (χ1) is 8.69. The molecule has 0 unspecified atom stereocenters. The molecule has 94 valence electrons. The lowest BCUT2D eigenvalue weighted by atomic mass is 10.2. The summed E-state index contributed by atoms with van der Waals surface area (Å²) in [6, 6.07) is 12.9. The molecule has 0 fully saturated rings. The predicted octanol–water partition coefficient (Wildman–Crippen LogP) is 4.92. The molecule has 0 radical (unpaired) electrons. The van der Waals surface area contributed by atoms with Crippen molar-refractivity contribution in [2.45, 2.75) is 11.4 Å². The second kappa shape index (κ2) is 6.25. The molecule has 0 bridgehead atoms. The normalized spacial score (nSPS) is 10.4. The van der Waals surface area contributed by atoms with Gasteiger partial charge >= 0.3 is 0 Å². The molecule has 2 aromatic carbocycles. The molecular weight excluding hydrogens is 313 g/mol. The van der Waals surface area contributed by atoms with Crippen molar-refractivity contribution in [3.63, 3.8) is 0 Å². The highest BCUT2D eigenvalue weighted by Crippen LogP contribution is 2.21. The van der Waals surface area contributed by atoms with Gasteiger partial charge in [0.1, 0.15) is 5.82 Å². The monoisotopic (exact) mass is 325 g/mol. The Morgan fingerprint density at radius 2 is 1.89 bits per heavy atom. The maximum Gasteiger partial charge on any atom is 0.123 e. The van der Waals surface area contributed by atoms with E-state index < -0.39 is 0 Å². The van der Waals surface area contributed by atoms with Crippen molar-refractivity contribution in [2.24, 2.45) is 0 Å². The van der Waals surface area contributed by atoms with Gasteiger partial charge in [0.15, 0.2) is 0 Å². The Hall–Kier alpha value is -1.00. The molecule has 0 spiro atoms. The van der Waals surface area contributed by atoms with Gasteiger partial charge in [0.05, 0.1) is 0 Å². The minimum Gasteiger partial charge on any atom is -0.381 e. The van der Waals surface area contributed by atoms with Gasteiger partial charge in [-0.15, -0.1) is 11.8 Å². The van der Waals surface area contributed by atoms with E-state index in [4.69, 9.17) is 0 Å². The Bertz CT molecular complexity index is 528. The molecule has 2 rings (SSSR count). The summed E-state index contributed by atoms with van der Waals surface area (Å²) in [5.74, 6) is -0.215. The smallest absolute Gasteiger partial charge is 0.123 e. The Morgan fingerprint density at radius 3 is 2.56 bits per heavy atom. The van der Waals surface area contributed by atoms with E-state index in [2.05, 4.69) is 33.4 Å². The number of benzene rings is 2. The number of nitrogens with one attached hydrogen (secondary N) is 1. The lowest BCUT2D eigenvalue weighted by molar-refractivity contribution is 0.625. The standard InChI is InChI=1S/C14H13BrFNS/c1-18-13-5-3-12(4-6-13)17-9-10-8-11(16)2-7-14(10)15/h2-8,17H,9H2,1H3. The van der Waals surface area contributed by atoms with Gasteiger partial charge in [0, 0.05) is 21.6 Å². The summed E-state index contributed by atoms with van der Waals surface area (Å²) in [4.78, 5) is 1.23. The van der Waals surface area contributed by atoms with Crippen LogP contribution in [0.15, 0.2) is 51.8 Å². The van der Waals surface area contributed by atoms with Crippen LogP contribution in [0.4, 0.5) is 10.1 Å². The average molecular weight is 326 g/mol. The lowest BCUT2D eigenvalue weighted by Crippen LogP contribution is -2.00. The second-order valence-electron chi connectivity index (χ2n) is 3.82. The molecule has 0 atom stereocenters. The molecule has 0 saturated heterocycles. The molecule has 0 aliphatic rings. The third-order valence-electron chi connectivity index (χ3n) is 2.58. The molecule has 0 heterocycles. The summed E-state index contributed by atoms with van der Waals surface area (Å²) in [5, 5.41) is 3.27. The Kier molecular flexibility index (Phi) is 4.66. The SMILES string of the molecule is CSc1ccc(NCc2cc(F)ccc2Br)cc1. The highest BCUT2D eigenvalue weighted by Gasteiger charge is 2.01. The Balaban J connectivity index is 2.04.